The third kappa shape index (κ3) is 6.46. The van der Waals surface area contributed by atoms with E-state index in [1.807, 2.05) is 45.0 Å². The standard InChI is InChI=1S/C32H38N6O5/c1-32(2,3)25-16-21(11-7-13-38(25)31(42)43)35-30(41)27-28(33)34-17-23(36-27)19-9-6-10-20(14-19)29(40)37-26-22-12-5-4-8-18(22)15-24(26)39/h4-6,8-10,12,14,17,21,24-26,39H,7,11,13,15-16H2,1-3H3,(H2,33,34)(H,35,41)(H,37,40)(H,42,43)/t21?,24-,25?,26+/m0/s1. The minimum Gasteiger partial charge on any atom is -0.465 e. The van der Waals surface area contributed by atoms with E-state index in [2.05, 4.69) is 20.6 Å². The molecule has 226 valence electrons. The number of nitrogen functional groups attached to an aromatic ring is 1. The van der Waals surface area contributed by atoms with E-state index < -0.39 is 24.1 Å². The average Bonchev–Trinajstić information content (AvgIpc) is 3.12. The van der Waals surface area contributed by atoms with Crippen LogP contribution in [-0.2, 0) is 6.42 Å². The highest BCUT2D eigenvalue weighted by atomic mass is 16.4. The van der Waals surface area contributed by atoms with Crippen LogP contribution in [0.5, 0.6) is 0 Å². The number of aliphatic hydroxyl groups excluding tert-OH is 1. The molecular weight excluding hydrogens is 548 g/mol. The SMILES string of the molecule is CC(C)(C)C1CC(NC(=O)c2nc(-c3cccc(C(=O)N[C@@H]4c5ccccc5C[C@@H]4O)c3)cnc2N)CCCN1C(=O)O. The zero-order valence-electron chi connectivity index (χ0n) is 24.6. The highest BCUT2D eigenvalue weighted by Crippen LogP contribution is 2.33. The van der Waals surface area contributed by atoms with Crippen LogP contribution in [0.4, 0.5) is 10.6 Å². The molecule has 43 heavy (non-hydrogen) atoms. The van der Waals surface area contributed by atoms with Crippen molar-refractivity contribution in [2.75, 3.05) is 12.3 Å². The van der Waals surface area contributed by atoms with Crippen molar-refractivity contribution in [1.29, 1.82) is 0 Å². The molecule has 2 unspecified atom stereocenters. The third-order valence-electron chi connectivity index (χ3n) is 8.34. The molecule has 2 aliphatic rings. The van der Waals surface area contributed by atoms with E-state index >= 15 is 0 Å². The van der Waals surface area contributed by atoms with Crippen molar-refractivity contribution in [3.05, 3.63) is 77.1 Å². The second-order valence-corrected chi connectivity index (χ2v) is 12.4. The molecule has 4 atom stereocenters. The van der Waals surface area contributed by atoms with Gasteiger partial charge in [-0.1, -0.05) is 57.2 Å². The summed E-state index contributed by atoms with van der Waals surface area (Å²) in [5.74, 6) is -0.866. The predicted molar refractivity (Wildman–Crippen MR) is 161 cm³/mol. The quantitative estimate of drug-likeness (QED) is 0.301. The van der Waals surface area contributed by atoms with Gasteiger partial charge in [-0.15, -0.1) is 0 Å². The fourth-order valence-corrected chi connectivity index (χ4v) is 6.11. The Balaban J connectivity index is 1.33. The molecule has 1 fully saturated rings. The van der Waals surface area contributed by atoms with Gasteiger partial charge < -0.3 is 31.5 Å². The van der Waals surface area contributed by atoms with Crippen molar-refractivity contribution in [2.45, 2.75) is 70.7 Å². The lowest BCUT2D eigenvalue weighted by molar-refractivity contribution is 0.0785. The van der Waals surface area contributed by atoms with E-state index in [0.29, 0.717) is 49.0 Å². The van der Waals surface area contributed by atoms with Crippen LogP contribution in [0.2, 0.25) is 0 Å². The van der Waals surface area contributed by atoms with Crippen LogP contribution >= 0.6 is 0 Å². The van der Waals surface area contributed by atoms with Crippen LogP contribution < -0.4 is 16.4 Å². The van der Waals surface area contributed by atoms with E-state index in [1.54, 1.807) is 24.3 Å². The number of fused-ring (bicyclic) bond motifs is 1. The number of amides is 3. The number of carbonyl (C=O) groups is 3. The van der Waals surface area contributed by atoms with Gasteiger partial charge in [-0.05, 0) is 47.9 Å². The monoisotopic (exact) mass is 586 g/mol. The summed E-state index contributed by atoms with van der Waals surface area (Å²) in [6, 6.07) is 13.4. The van der Waals surface area contributed by atoms with Crippen molar-refractivity contribution in [3.8, 4) is 11.3 Å². The summed E-state index contributed by atoms with van der Waals surface area (Å²) in [5.41, 5.74) is 8.93. The largest absolute Gasteiger partial charge is 0.465 e. The summed E-state index contributed by atoms with van der Waals surface area (Å²) in [4.78, 5) is 48.7. The number of anilines is 1. The highest BCUT2D eigenvalue weighted by molar-refractivity contribution is 5.98. The molecule has 3 amide bonds. The Bertz CT molecular complexity index is 1540. The van der Waals surface area contributed by atoms with Gasteiger partial charge >= 0.3 is 6.09 Å². The van der Waals surface area contributed by atoms with Gasteiger partial charge in [0, 0.05) is 36.2 Å². The molecule has 0 saturated carbocycles. The minimum absolute atomic E-state index is 0.0304. The molecule has 2 heterocycles. The second kappa shape index (κ2) is 12.0. The lowest BCUT2D eigenvalue weighted by atomic mass is 9.82. The number of benzene rings is 2. The number of nitrogens with two attached hydrogens (primary N) is 1. The Hall–Kier alpha value is -4.51. The molecule has 1 saturated heterocycles. The van der Waals surface area contributed by atoms with E-state index in [9.17, 15) is 24.6 Å². The molecule has 5 rings (SSSR count). The maximum absolute atomic E-state index is 13.4. The zero-order valence-corrected chi connectivity index (χ0v) is 24.6. The smallest absolute Gasteiger partial charge is 0.407 e. The topological polar surface area (TPSA) is 171 Å². The van der Waals surface area contributed by atoms with E-state index in [-0.39, 0.29) is 34.9 Å². The first-order valence-corrected chi connectivity index (χ1v) is 14.5. The van der Waals surface area contributed by atoms with Gasteiger partial charge in [0.15, 0.2) is 11.5 Å². The van der Waals surface area contributed by atoms with Crippen LogP contribution in [0.1, 0.15) is 78.0 Å². The number of nitrogens with zero attached hydrogens (tertiary/aromatic N) is 3. The molecule has 0 radical (unpaired) electrons. The van der Waals surface area contributed by atoms with Gasteiger partial charge in [0.05, 0.1) is 24.0 Å². The molecule has 3 aromatic rings. The van der Waals surface area contributed by atoms with Crippen LogP contribution in [-0.4, -0.2) is 67.7 Å². The molecule has 0 spiro atoms. The molecule has 1 aliphatic heterocycles. The molecule has 6 N–H and O–H groups in total. The van der Waals surface area contributed by atoms with Crippen LogP contribution in [0.3, 0.4) is 0 Å². The summed E-state index contributed by atoms with van der Waals surface area (Å²) in [5, 5.41) is 26.3. The maximum Gasteiger partial charge on any atom is 0.407 e. The van der Waals surface area contributed by atoms with Crippen LogP contribution in [0, 0.1) is 5.41 Å². The number of hydrogen-bond acceptors (Lipinski definition) is 7. The Morgan fingerprint density at radius 2 is 1.81 bits per heavy atom. The van der Waals surface area contributed by atoms with E-state index in [1.165, 1.54) is 11.1 Å². The van der Waals surface area contributed by atoms with Crippen molar-refractivity contribution in [2.24, 2.45) is 5.41 Å². The van der Waals surface area contributed by atoms with E-state index in [4.69, 9.17) is 5.73 Å². The van der Waals surface area contributed by atoms with Gasteiger partial charge in [0.1, 0.15) is 0 Å². The van der Waals surface area contributed by atoms with Crippen molar-refractivity contribution >= 4 is 23.7 Å². The summed E-state index contributed by atoms with van der Waals surface area (Å²) in [6.07, 6.45) is 1.94. The number of carbonyl (C=O) groups excluding carboxylic acids is 2. The van der Waals surface area contributed by atoms with Crippen LogP contribution in [0.15, 0.2) is 54.7 Å². The maximum atomic E-state index is 13.4. The van der Waals surface area contributed by atoms with Crippen LogP contribution in [0.25, 0.3) is 11.3 Å². The van der Waals surface area contributed by atoms with Gasteiger partial charge in [-0.2, -0.15) is 0 Å². The Morgan fingerprint density at radius 1 is 1.05 bits per heavy atom. The number of nitrogens with one attached hydrogen (secondary N) is 2. The fraction of sp³-hybridized carbons (Fsp3) is 0.406. The lowest BCUT2D eigenvalue weighted by Gasteiger charge is -2.38. The van der Waals surface area contributed by atoms with Gasteiger partial charge in [0.25, 0.3) is 11.8 Å². The summed E-state index contributed by atoms with van der Waals surface area (Å²) in [7, 11) is 0. The summed E-state index contributed by atoms with van der Waals surface area (Å²) >= 11 is 0. The number of aromatic nitrogens is 2. The second-order valence-electron chi connectivity index (χ2n) is 12.4. The van der Waals surface area contributed by atoms with Gasteiger partial charge in [0.2, 0.25) is 0 Å². The van der Waals surface area contributed by atoms with Gasteiger partial charge in [-0.3, -0.25) is 9.59 Å². The van der Waals surface area contributed by atoms with Gasteiger partial charge in [-0.25, -0.2) is 14.8 Å². The fourth-order valence-electron chi connectivity index (χ4n) is 6.11. The normalized spacial score (nSPS) is 21.9. The number of aliphatic hydroxyl groups is 1. The lowest BCUT2D eigenvalue weighted by Crippen LogP contribution is -2.49. The minimum atomic E-state index is -0.963. The number of carboxylic acid groups (broad SMARTS) is 1. The van der Waals surface area contributed by atoms with E-state index in [0.717, 1.165) is 11.1 Å². The predicted octanol–water partition coefficient (Wildman–Crippen LogP) is 3.79. The Morgan fingerprint density at radius 3 is 2.56 bits per heavy atom. The third-order valence-corrected chi connectivity index (χ3v) is 8.34. The molecular formula is C32H38N6O5. The molecule has 11 heteroatoms. The average molecular weight is 587 g/mol. The molecule has 1 aromatic heterocycles. The molecule has 11 nitrogen and oxygen atoms in total. The molecule has 1 aliphatic carbocycles. The Kier molecular flexibility index (Phi) is 8.36. The van der Waals surface area contributed by atoms with Crippen molar-refractivity contribution < 1.29 is 24.6 Å². The zero-order chi connectivity index (χ0) is 30.9. The van der Waals surface area contributed by atoms with Crippen molar-refractivity contribution in [1.82, 2.24) is 25.5 Å². The number of hydrogen-bond donors (Lipinski definition) is 5. The Labute approximate surface area is 250 Å². The number of rotatable bonds is 5. The first kappa shape index (κ1) is 30.0. The summed E-state index contributed by atoms with van der Waals surface area (Å²) in [6.45, 7) is 6.38. The first-order valence-electron chi connectivity index (χ1n) is 14.5. The van der Waals surface area contributed by atoms with Crippen molar-refractivity contribution in [3.63, 3.8) is 0 Å². The first-order chi connectivity index (χ1) is 20.4. The highest BCUT2D eigenvalue weighted by Gasteiger charge is 2.38. The molecule has 0 bridgehead atoms. The number of likely N-dealkylation sites (tertiary alicyclic amines) is 1. The molecule has 2 aromatic carbocycles. The summed E-state index contributed by atoms with van der Waals surface area (Å²) < 4.78 is 0.